The highest BCUT2D eigenvalue weighted by atomic mass is 16.5. The van der Waals surface area contributed by atoms with Crippen molar-refractivity contribution in [3.05, 3.63) is 71.8 Å². The van der Waals surface area contributed by atoms with Gasteiger partial charge in [0, 0.05) is 0 Å². The highest BCUT2D eigenvalue weighted by molar-refractivity contribution is 5.72. The minimum Gasteiger partial charge on any atom is -0.493 e. The molecule has 0 radical (unpaired) electrons. The Morgan fingerprint density at radius 2 is 0.900 bits per heavy atom. The Kier molecular flexibility index (Phi) is 7.96. The Morgan fingerprint density at radius 1 is 0.533 bits per heavy atom. The van der Waals surface area contributed by atoms with E-state index in [2.05, 4.69) is 88.4 Å². The smallest absolute Gasteiger partial charge is 0.122 e. The fourth-order valence-corrected chi connectivity index (χ4v) is 3.49. The van der Waals surface area contributed by atoms with Gasteiger partial charge in [-0.05, 0) is 84.3 Å². The first kappa shape index (κ1) is 22.0. The van der Waals surface area contributed by atoms with Gasteiger partial charge in [0.15, 0.2) is 0 Å². The third-order valence-corrected chi connectivity index (χ3v) is 5.41. The molecular weight excluding hydrogens is 368 g/mol. The molecular formula is C28H34O2. The van der Waals surface area contributed by atoms with Crippen molar-refractivity contribution in [2.45, 2.75) is 53.4 Å². The van der Waals surface area contributed by atoms with Crippen LogP contribution in [0.2, 0.25) is 0 Å². The van der Waals surface area contributed by atoms with Crippen LogP contribution in [0.5, 0.6) is 11.5 Å². The van der Waals surface area contributed by atoms with Crippen LogP contribution in [0.3, 0.4) is 0 Å². The minimum atomic E-state index is 0.785. The molecule has 0 aromatic heterocycles. The van der Waals surface area contributed by atoms with E-state index in [0.717, 1.165) is 50.4 Å². The SMILES string of the molecule is CCCCOc1ccc(-c2ccc(-c3ccc(OCCCC)c(C)c3)cc2)cc1C. The first-order chi connectivity index (χ1) is 14.6. The maximum absolute atomic E-state index is 5.89. The third kappa shape index (κ3) is 5.66. The normalized spacial score (nSPS) is 10.8. The van der Waals surface area contributed by atoms with Gasteiger partial charge in [-0.15, -0.1) is 0 Å². The molecule has 0 saturated carbocycles. The Labute approximate surface area is 181 Å². The van der Waals surface area contributed by atoms with Gasteiger partial charge in [-0.25, -0.2) is 0 Å². The predicted octanol–water partition coefficient (Wildman–Crippen LogP) is 8.00. The summed E-state index contributed by atoms with van der Waals surface area (Å²) >= 11 is 0. The molecule has 0 aliphatic rings. The van der Waals surface area contributed by atoms with Crippen LogP contribution in [0.1, 0.15) is 50.7 Å². The molecule has 0 amide bonds. The summed E-state index contributed by atoms with van der Waals surface area (Å²) in [6.45, 7) is 10.2. The lowest BCUT2D eigenvalue weighted by atomic mass is 9.98. The Balaban J connectivity index is 1.72. The van der Waals surface area contributed by atoms with Crippen LogP contribution in [0.4, 0.5) is 0 Å². The predicted molar refractivity (Wildman–Crippen MR) is 128 cm³/mol. The summed E-state index contributed by atoms with van der Waals surface area (Å²) in [7, 11) is 0. The van der Waals surface area contributed by atoms with Gasteiger partial charge in [0.05, 0.1) is 13.2 Å². The summed E-state index contributed by atoms with van der Waals surface area (Å²) in [4.78, 5) is 0. The molecule has 0 atom stereocenters. The number of aryl methyl sites for hydroxylation is 2. The molecule has 0 spiro atoms. The van der Waals surface area contributed by atoms with E-state index in [1.807, 2.05) is 0 Å². The van der Waals surface area contributed by atoms with E-state index in [-0.39, 0.29) is 0 Å². The number of benzene rings is 3. The molecule has 0 saturated heterocycles. The van der Waals surface area contributed by atoms with Crippen LogP contribution in [-0.4, -0.2) is 13.2 Å². The molecule has 3 aromatic rings. The molecule has 0 bridgehead atoms. The average Bonchev–Trinajstić information content (AvgIpc) is 2.76. The lowest BCUT2D eigenvalue weighted by Crippen LogP contribution is -1.98. The molecule has 3 aromatic carbocycles. The van der Waals surface area contributed by atoms with Crippen LogP contribution in [0.25, 0.3) is 22.3 Å². The van der Waals surface area contributed by atoms with Crippen LogP contribution >= 0.6 is 0 Å². The zero-order valence-corrected chi connectivity index (χ0v) is 18.8. The second-order valence-electron chi connectivity index (χ2n) is 7.94. The van der Waals surface area contributed by atoms with Crippen LogP contribution in [0.15, 0.2) is 60.7 Å². The van der Waals surface area contributed by atoms with Gasteiger partial charge < -0.3 is 9.47 Å². The standard InChI is InChI=1S/C28H34O2/c1-5-7-17-29-27-15-13-25(19-21(27)3)23-9-11-24(12-10-23)26-14-16-28(22(4)20-26)30-18-8-6-2/h9-16,19-20H,5-8,17-18H2,1-4H3. The molecule has 2 heteroatoms. The summed E-state index contributed by atoms with van der Waals surface area (Å²) in [5.74, 6) is 1.97. The molecule has 0 heterocycles. The number of unbranched alkanes of at least 4 members (excludes halogenated alkanes) is 2. The largest absolute Gasteiger partial charge is 0.493 e. The van der Waals surface area contributed by atoms with Crippen molar-refractivity contribution in [2.75, 3.05) is 13.2 Å². The average molecular weight is 403 g/mol. The van der Waals surface area contributed by atoms with Gasteiger partial charge in [-0.1, -0.05) is 63.1 Å². The summed E-state index contributed by atoms with van der Waals surface area (Å²) in [6.07, 6.45) is 4.48. The number of hydrogen-bond acceptors (Lipinski definition) is 2. The quantitative estimate of drug-likeness (QED) is 0.320. The highest BCUT2D eigenvalue weighted by Gasteiger charge is 2.06. The molecule has 158 valence electrons. The van der Waals surface area contributed by atoms with Crippen molar-refractivity contribution in [1.82, 2.24) is 0 Å². The number of ether oxygens (including phenoxy) is 2. The van der Waals surface area contributed by atoms with Gasteiger partial charge >= 0.3 is 0 Å². The molecule has 0 aliphatic carbocycles. The monoisotopic (exact) mass is 402 g/mol. The second kappa shape index (κ2) is 10.9. The summed E-state index contributed by atoms with van der Waals surface area (Å²) in [6, 6.07) is 21.7. The Bertz CT molecular complexity index is 863. The molecule has 3 rings (SSSR count). The second-order valence-corrected chi connectivity index (χ2v) is 7.94. The lowest BCUT2D eigenvalue weighted by Gasteiger charge is -2.12. The fourth-order valence-electron chi connectivity index (χ4n) is 3.49. The first-order valence-corrected chi connectivity index (χ1v) is 11.2. The maximum atomic E-state index is 5.89. The molecule has 30 heavy (non-hydrogen) atoms. The number of hydrogen-bond donors (Lipinski definition) is 0. The Morgan fingerprint density at radius 3 is 1.23 bits per heavy atom. The van der Waals surface area contributed by atoms with Gasteiger partial charge in [0.1, 0.15) is 11.5 Å². The van der Waals surface area contributed by atoms with Gasteiger partial charge in [0.25, 0.3) is 0 Å². The van der Waals surface area contributed by atoms with Crippen molar-refractivity contribution in [3.63, 3.8) is 0 Å². The lowest BCUT2D eigenvalue weighted by molar-refractivity contribution is 0.307. The van der Waals surface area contributed by atoms with Gasteiger partial charge in [0.2, 0.25) is 0 Å². The molecule has 2 nitrogen and oxygen atoms in total. The van der Waals surface area contributed by atoms with Crippen molar-refractivity contribution < 1.29 is 9.47 Å². The van der Waals surface area contributed by atoms with Crippen LogP contribution < -0.4 is 9.47 Å². The van der Waals surface area contributed by atoms with E-state index in [9.17, 15) is 0 Å². The molecule has 0 aliphatic heterocycles. The van der Waals surface area contributed by atoms with E-state index >= 15 is 0 Å². The maximum Gasteiger partial charge on any atom is 0.122 e. The zero-order chi connectivity index (χ0) is 21.3. The van der Waals surface area contributed by atoms with E-state index in [0.29, 0.717) is 0 Å². The van der Waals surface area contributed by atoms with Gasteiger partial charge in [-0.2, -0.15) is 0 Å². The van der Waals surface area contributed by atoms with Crippen LogP contribution in [-0.2, 0) is 0 Å². The van der Waals surface area contributed by atoms with Gasteiger partial charge in [-0.3, -0.25) is 0 Å². The first-order valence-electron chi connectivity index (χ1n) is 11.2. The molecule has 0 fully saturated rings. The molecule has 0 unspecified atom stereocenters. The number of rotatable bonds is 10. The highest BCUT2D eigenvalue weighted by Crippen LogP contribution is 2.30. The van der Waals surface area contributed by atoms with E-state index < -0.39 is 0 Å². The third-order valence-electron chi connectivity index (χ3n) is 5.41. The molecule has 0 N–H and O–H groups in total. The topological polar surface area (TPSA) is 18.5 Å². The van der Waals surface area contributed by atoms with Crippen molar-refractivity contribution in [3.8, 4) is 33.8 Å². The Hall–Kier alpha value is -2.74. The van der Waals surface area contributed by atoms with E-state index in [4.69, 9.17) is 9.47 Å². The summed E-state index contributed by atoms with van der Waals surface area (Å²) in [5.41, 5.74) is 7.25. The van der Waals surface area contributed by atoms with Crippen molar-refractivity contribution in [2.24, 2.45) is 0 Å². The van der Waals surface area contributed by atoms with E-state index in [1.165, 1.54) is 33.4 Å². The summed E-state index contributed by atoms with van der Waals surface area (Å²) in [5, 5.41) is 0. The van der Waals surface area contributed by atoms with Crippen molar-refractivity contribution >= 4 is 0 Å². The van der Waals surface area contributed by atoms with Crippen LogP contribution in [0, 0.1) is 13.8 Å². The van der Waals surface area contributed by atoms with Crippen molar-refractivity contribution in [1.29, 1.82) is 0 Å². The summed E-state index contributed by atoms with van der Waals surface area (Å²) < 4.78 is 11.8. The zero-order valence-electron chi connectivity index (χ0n) is 18.8. The van der Waals surface area contributed by atoms with E-state index in [1.54, 1.807) is 0 Å². The fraction of sp³-hybridized carbons (Fsp3) is 0.357. The minimum absolute atomic E-state index is 0.785.